The molecule has 2 aromatic rings. The summed E-state index contributed by atoms with van der Waals surface area (Å²) in [5, 5.41) is 7.86. The highest BCUT2D eigenvalue weighted by Crippen LogP contribution is 2.49. The topological polar surface area (TPSA) is 69.5 Å². The summed E-state index contributed by atoms with van der Waals surface area (Å²) in [4.78, 5) is 22.2. The third-order valence-corrected chi connectivity index (χ3v) is 4.96. The molecule has 1 fully saturated rings. The molecule has 0 saturated heterocycles. The number of rotatable bonds is 8. The van der Waals surface area contributed by atoms with E-state index >= 15 is 0 Å². The maximum Gasteiger partial charge on any atom is 0.360 e. The molecule has 1 saturated carbocycles. The van der Waals surface area contributed by atoms with Gasteiger partial charge in [-0.25, -0.2) is 13.6 Å². The van der Waals surface area contributed by atoms with Crippen molar-refractivity contribution < 1.29 is 28.0 Å². The van der Waals surface area contributed by atoms with Crippen LogP contribution in [0.2, 0.25) is 0 Å². The Morgan fingerprint density at radius 1 is 1.07 bits per heavy atom. The fourth-order valence-corrected chi connectivity index (χ4v) is 3.37. The molecule has 0 N–H and O–H groups in total. The van der Waals surface area contributed by atoms with Crippen LogP contribution in [0.25, 0.3) is 0 Å². The minimum absolute atomic E-state index is 0.0113. The molecule has 6 nitrogen and oxygen atoms in total. The van der Waals surface area contributed by atoms with Crippen LogP contribution in [-0.2, 0) is 25.8 Å². The van der Waals surface area contributed by atoms with Gasteiger partial charge in [-0.3, -0.25) is 0 Å². The van der Waals surface area contributed by atoms with E-state index in [9.17, 15) is 13.6 Å². The molecule has 1 aliphatic carbocycles. The predicted molar refractivity (Wildman–Crippen MR) is 107 cm³/mol. The van der Waals surface area contributed by atoms with Gasteiger partial charge in [0.2, 0.25) is 0 Å². The first-order valence-corrected chi connectivity index (χ1v) is 9.36. The number of hydrogen-bond acceptors (Lipinski definition) is 6. The van der Waals surface area contributed by atoms with Crippen molar-refractivity contribution >= 4 is 17.4 Å². The average Bonchev–Trinajstić information content (AvgIpc) is 3.52. The van der Waals surface area contributed by atoms with E-state index in [-0.39, 0.29) is 29.7 Å². The van der Waals surface area contributed by atoms with Gasteiger partial charge >= 0.3 is 5.97 Å². The normalized spacial score (nSPS) is 18.7. The van der Waals surface area contributed by atoms with E-state index in [0.717, 1.165) is 0 Å². The number of oxime groups is 2. The van der Waals surface area contributed by atoms with E-state index in [1.165, 1.54) is 32.4 Å². The Bertz CT molecular complexity index is 971. The van der Waals surface area contributed by atoms with Crippen molar-refractivity contribution in [2.45, 2.75) is 25.9 Å². The highest BCUT2D eigenvalue weighted by atomic mass is 19.1. The Hall–Kier alpha value is -3.29. The number of hydrogen-bond donors (Lipinski definition) is 0. The second-order valence-electron chi connectivity index (χ2n) is 6.86. The number of halogens is 2. The van der Waals surface area contributed by atoms with Crippen molar-refractivity contribution in [1.82, 2.24) is 0 Å². The number of nitrogens with zero attached hydrogens (tertiary/aromatic N) is 2. The molecule has 0 spiro atoms. The van der Waals surface area contributed by atoms with Crippen LogP contribution < -0.4 is 0 Å². The number of ether oxygens (including phenoxy) is 1. The second kappa shape index (κ2) is 9.47. The van der Waals surface area contributed by atoms with Gasteiger partial charge in [0.1, 0.15) is 25.4 Å². The SMILES string of the molecule is CON=C(C(=O)OC)c1ccccc1CON=C(C)[C@@H]1C[C@H]1c1c(F)cccc1F. The number of carbonyl (C=O) groups is 1. The molecule has 2 atom stereocenters. The first-order chi connectivity index (χ1) is 14.5. The average molecular weight is 416 g/mol. The fourth-order valence-electron chi connectivity index (χ4n) is 3.37. The van der Waals surface area contributed by atoms with Crippen LogP contribution >= 0.6 is 0 Å². The molecule has 0 radical (unpaired) electrons. The van der Waals surface area contributed by atoms with E-state index < -0.39 is 17.6 Å². The maximum atomic E-state index is 14.0. The maximum absolute atomic E-state index is 14.0. The molecule has 1 aliphatic rings. The summed E-state index contributed by atoms with van der Waals surface area (Å²) in [6.45, 7) is 1.83. The van der Waals surface area contributed by atoms with Crippen molar-refractivity contribution in [3.8, 4) is 0 Å². The predicted octanol–water partition coefficient (Wildman–Crippen LogP) is 4.18. The van der Waals surface area contributed by atoms with Gasteiger partial charge in [-0.05, 0) is 31.4 Å². The monoisotopic (exact) mass is 416 g/mol. The first-order valence-electron chi connectivity index (χ1n) is 9.36. The lowest BCUT2D eigenvalue weighted by atomic mass is 10.0. The quantitative estimate of drug-likeness (QED) is 0.368. The van der Waals surface area contributed by atoms with Crippen molar-refractivity contribution in [2.75, 3.05) is 14.2 Å². The van der Waals surface area contributed by atoms with Crippen LogP contribution in [0.4, 0.5) is 8.78 Å². The summed E-state index contributed by atoms with van der Waals surface area (Å²) >= 11 is 0. The van der Waals surface area contributed by atoms with E-state index in [2.05, 4.69) is 10.3 Å². The molecule has 158 valence electrons. The Morgan fingerprint density at radius 3 is 2.43 bits per heavy atom. The van der Waals surface area contributed by atoms with Crippen molar-refractivity contribution in [1.29, 1.82) is 0 Å². The largest absolute Gasteiger partial charge is 0.464 e. The van der Waals surface area contributed by atoms with Gasteiger partial charge in [0.15, 0.2) is 5.71 Å². The molecule has 2 aromatic carbocycles. The molecule has 3 rings (SSSR count). The Morgan fingerprint density at radius 2 is 1.77 bits per heavy atom. The van der Waals surface area contributed by atoms with Gasteiger partial charge in [-0.15, -0.1) is 0 Å². The van der Waals surface area contributed by atoms with Gasteiger partial charge in [-0.2, -0.15) is 0 Å². The third-order valence-electron chi connectivity index (χ3n) is 4.96. The van der Waals surface area contributed by atoms with Gasteiger partial charge < -0.3 is 14.4 Å². The number of carbonyl (C=O) groups excluding carboxylic acids is 1. The highest BCUT2D eigenvalue weighted by molar-refractivity contribution is 6.43. The lowest BCUT2D eigenvalue weighted by molar-refractivity contribution is -0.132. The van der Waals surface area contributed by atoms with Crippen LogP contribution in [0.1, 0.15) is 36.0 Å². The van der Waals surface area contributed by atoms with Gasteiger partial charge in [0.05, 0.1) is 12.8 Å². The van der Waals surface area contributed by atoms with Crippen molar-refractivity contribution in [3.63, 3.8) is 0 Å². The molecule has 0 aliphatic heterocycles. The molecule has 0 amide bonds. The third kappa shape index (κ3) is 4.64. The van der Waals surface area contributed by atoms with Crippen LogP contribution in [0.5, 0.6) is 0 Å². The zero-order valence-corrected chi connectivity index (χ0v) is 16.9. The molecule has 0 bridgehead atoms. The minimum Gasteiger partial charge on any atom is -0.464 e. The molecule has 0 aromatic heterocycles. The Labute approximate surface area is 173 Å². The van der Waals surface area contributed by atoms with Gasteiger partial charge in [-0.1, -0.05) is 40.6 Å². The summed E-state index contributed by atoms with van der Waals surface area (Å²) in [6.07, 6.45) is 0.611. The highest BCUT2D eigenvalue weighted by Gasteiger charge is 2.43. The number of methoxy groups -OCH3 is 1. The zero-order valence-electron chi connectivity index (χ0n) is 16.9. The Kier molecular flexibility index (Phi) is 6.76. The number of esters is 1. The second-order valence-corrected chi connectivity index (χ2v) is 6.86. The molecule has 8 heteroatoms. The Balaban J connectivity index is 1.69. The first kappa shape index (κ1) is 21.4. The van der Waals surface area contributed by atoms with Crippen LogP contribution in [0.3, 0.4) is 0 Å². The zero-order chi connectivity index (χ0) is 21.7. The molecule has 0 unspecified atom stereocenters. The molecule has 30 heavy (non-hydrogen) atoms. The molecular weight excluding hydrogens is 394 g/mol. The standard InChI is InChI=1S/C22H22F2N2O4/c1-13(16-11-17(16)20-18(23)9-6-10-19(20)24)25-30-12-14-7-4-5-8-15(14)21(26-29-3)22(27)28-2/h4-10,16-17H,11-12H2,1-3H3/t16-,17+/m0/s1. The fraction of sp³-hybridized carbons (Fsp3) is 0.318. The minimum atomic E-state index is -0.642. The summed E-state index contributed by atoms with van der Waals surface area (Å²) in [5.74, 6) is -2.05. The van der Waals surface area contributed by atoms with Crippen molar-refractivity contribution in [2.24, 2.45) is 16.2 Å². The van der Waals surface area contributed by atoms with E-state index in [1.807, 2.05) is 0 Å². The van der Waals surface area contributed by atoms with E-state index in [0.29, 0.717) is 23.3 Å². The van der Waals surface area contributed by atoms with Gasteiger partial charge in [0, 0.05) is 22.6 Å². The molecule has 0 heterocycles. The van der Waals surface area contributed by atoms with E-state index in [4.69, 9.17) is 14.4 Å². The lowest BCUT2D eigenvalue weighted by Crippen LogP contribution is -2.19. The lowest BCUT2D eigenvalue weighted by Gasteiger charge is -2.10. The van der Waals surface area contributed by atoms with Crippen LogP contribution in [0, 0.1) is 17.6 Å². The molecular formula is C22H22F2N2O4. The summed E-state index contributed by atoms with van der Waals surface area (Å²) in [5.41, 5.74) is 1.91. The van der Waals surface area contributed by atoms with Crippen LogP contribution in [0.15, 0.2) is 52.8 Å². The summed E-state index contributed by atoms with van der Waals surface area (Å²) in [6, 6.07) is 10.9. The number of benzene rings is 2. The van der Waals surface area contributed by atoms with Gasteiger partial charge in [0.25, 0.3) is 0 Å². The summed E-state index contributed by atoms with van der Waals surface area (Å²) < 4.78 is 32.7. The smallest absolute Gasteiger partial charge is 0.360 e. The van der Waals surface area contributed by atoms with Crippen LogP contribution in [-0.4, -0.2) is 31.6 Å². The van der Waals surface area contributed by atoms with Crippen molar-refractivity contribution in [3.05, 3.63) is 70.8 Å². The summed E-state index contributed by atoms with van der Waals surface area (Å²) in [7, 11) is 2.59. The van der Waals surface area contributed by atoms with E-state index in [1.54, 1.807) is 31.2 Å².